The van der Waals surface area contributed by atoms with Crippen molar-refractivity contribution in [1.29, 1.82) is 0 Å². The second-order valence-electron chi connectivity index (χ2n) is 4.04. The molecule has 0 unspecified atom stereocenters. The van der Waals surface area contributed by atoms with Crippen LogP contribution in [0.15, 0.2) is 39.5 Å². The minimum absolute atomic E-state index is 0.244. The fraction of sp³-hybridized carbons (Fsp3) is 0.154. The van der Waals surface area contributed by atoms with Gasteiger partial charge in [0.15, 0.2) is 17.3 Å². The van der Waals surface area contributed by atoms with Gasteiger partial charge >= 0.3 is 5.97 Å². The van der Waals surface area contributed by atoms with Gasteiger partial charge in [-0.15, -0.1) is 0 Å². The number of benzene rings is 1. The van der Waals surface area contributed by atoms with Crippen LogP contribution in [0, 0.1) is 0 Å². The number of carbonyl (C=O) groups excluding carboxylic acids is 1. The lowest BCUT2D eigenvalue weighted by atomic mass is 10.2. The largest absolute Gasteiger partial charge is 0.479 e. The van der Waals surface area contributed by atoms with Gasteiger partial charge in [-0.3, -0.25) is 9.59 Å². The molecule has 3 N–H and O–H groups in total. The Morgan fingerprint density at radius 3 is 2.70 bits per heavy atom. The molecule has 0 aliphatic carbocycles. The highest BCUT2D eigenvalue weighted by atomic mass is 16.4. The highest BCUT2D eigenvalue weighted by Crippen LogP contribution is 2.11. The lowest BCUT2D eigenvalue weighted by Crippen LogP contribution is -2.36. The second kappa shape index (κ2) is 5.54. The molecule has 0 aliphatic rings. The fourth-order valence-corrected chi connectivity index (χ4v) is 1.58. The zero-order valence-electron chi connectivity index (χ0n) is 10.2. The SMILES string of the molecule is O=C(NC[C@H](O)C(=O)O)c1cc(=O)c2ccccc2o1. The molecule has 0 saturated heterocycles. The van der Waals surface area contributed by atoms with Crippen molar-refractivity contribution >= 4 is 22.8 Å². The average Bonchev–Trinajstić information content (AvgIpc) is 2.44. The van der Waals surface area contributed by atoms with Crippen molar-refractivity contribution in [2.24, 2.45) is 0 Å². The molecule has 0 fully saturated rings. The highest BCUT2D eigenvalue weighted by Gasteiger charge is 2.17. The van der Waals surface area contributed by atoms with Crippen molar-refractivity contribution in [2.45, 2.75) is 6.10 Å². The Hall–Kier alpha value is -2.67. The van der Waals surface area contributed by atoms with E-state index in [1.54, 1.807) is 24.3 Å². The summed E-state index contributed by atoms with van der Waals surface area (Å²) in [5, 5.41) is 20.0. The van der Waals surface area contributed by atoms with Gasteiger partial charge in [-0.05, 0) is 12.1 Å². The Balaban J connectivity index is 2.23. The molecule has 0 aliphatic heterocycles. The van der Waals surface area contributed by atoms with Gasteiger partial charge in [0.25, 0.3) is 5.91 Å². The molecular weight excluding hydrogens is 266 g/mol. The van der Waals surface area contributed by atoms with E-state index in [-0.39, 0.29) is 16.8 Å². The summed E-state index contributed by atoms with van der Waals surface area (Å²) in [4.78, 5) is 33.9. The summed E-state index contributed by atoms with van der Waals surface area (Å²) >= 11 is 0. The fourth-order valence-electron chi connectivity index (χ4n) is 1.58. The smallest absolute Gasteiger partial charge is 0.334 e. The molecule has 1 heterocycles. The Bertz CT molecular complexity index is 720. The monoisotopic (exact) mass is 277 g/mol. The van der Waals surface area contributed by atoms with Crippen LogP contribution in [0.4, 0.5) is 0 Å². The molecule has 2 aromatic rings. The quantitative estimate of drug-likeness (QED) is 0.722. The minimum atomic E-state index is -1.72. The summed E-state index contributed by atoms with van der Waals surface area (Å²) in [6.45, 7) is -0.481. The van der Waals surface area contributed by atoms with Crippen molar-refractivity contribution < 1.29 is 24.2 Å². The van der Waals surface area contributed by atoms with Crippen LogP contribution < -0.4 is 10.7 Å². The van der Waals surface area contributed by atoms with Gasteiger partial charge in [0, 0.05) is 6.07 Å². The summed E-state index contributed by atoms with van der Waals surface area (Å²) in [5.74, 6) is -2.47. The Kier molecular flexibility index (Phi) is 3.81. The van der Waals surface area contributed by atoms with Gasteiger partial charge in [-0.25, -0.2) is 4.79 Å². The molecule has 1 aromatic heterocycles. The Morgan fingerprint density at radius 1 is 1.30 bits per heavy atom. The molecule has 104 valence electrons. The molecule has 0 spiro atoms. The number of aliphatic carboxylic acids is 1. The number of aliphatic hydroxyl groups excluding tert-OH is 1. The number of amides is 1. The number of fused-ring (bicyclic) bond motifs is 1. The van der Waals surface area contributed by atoms with Crippen LogP contribution in [0.2, 0.25) is 0 Å². The molecule has 0 radical (unpaired) electrons. The van der Waals surface area contributed by atoms with Crippen molar-refractivity contribution in [1.82, 2.24) is 5.32 Å². The third-order valence-corrected chi connectivity index (χ3v) is 2.60. The summed E-state index contributed by atoms with van der Waals surface area (Å²) in [6, 6.07) is 7.45. The lowest BCUT2D eigenvalue weighted by molar-refractivity contribution is -0.146. The molecule has 20 heavy (non-hydrogen) atoms. The predicted octanol–water partition coefficient (Wildman–Crippen LogP) is -0.0317. The van der Waals surface area contributed by atoms with Gasteiger partial charge in [-0.2, -0.15) is 0 Å². The lowest BCUT2D eigenvalue weighted by Gasteiger charge is -2.07. The van der Waals surface area contributed by atoms with E-state index in [0.717, 1.165) is 6.07 Å². The summed E-state index contributed by atoms with van der Waals surface area (Å²) < 4.78 is 5.26. The molecule has 1 amide bonds. The number of rotatable bonds is 4. The number of carboxylic acids is 1. The van der Waals surface area contributed by atoms with Crippen molar-refractivity contribution in [3.8, 4) is 0 Å². The first-order valence-corrected chi connectivity index (χ1v) is 5.71. The van der Waals surface area contributed by atoms with Crippen LogP contribution in [0.5, 0.6) is 0 Å². The van der Waals surface area contributed by atoms with Gasteiger partial charge in [0.1, 0.15) is 5.58 Å². The van der Waals surface area contributed by atoms with Crippen LogP contribution in [-0.4, -0.2) is 34.7 Å². The van der Waals surface area contributed by atoms with E-state index in [2.05, 4.69) is 5.32 Å². The molecule has 0 bridgehead atoms. The van der Waals surface area contributed by atoms with Gasteiger partial charge in [0.2, 0.25) is 0 Å². The number of carbonyl (C=O) groups is 2. The van der Waals surface area contributed by atoms with Gasteiger partial charge in [-0.1, -0.05) is 12.1 Å². The first-order valence-electron chi connectivity index (χ1n) is 5.71. The standard InChI is InChI=1S/C13H11NO6/c15-8-5-11(12(17)14-6-9(16)13(18)19)20-10-4-2-1-3-7(8)10/h1-5,9,16H,6H2,(H,14,17)(H,18,19)/t9-/m0/s1. The molecule has 0 saturated carbocycles. The molecule has 7 nitrogen and oxygen atoms in total. The zero-order chi connectivity index (χ0) is 14.7. The van der Waals surface area contributed by atoms with Crippen molar-refractivity contribution in [3.63, 3.8) is 0 Å². The van der Waals surface area contributed by atoms with Crippen LogP contribution in [-0.2, 0) is 4.79 Å². The highest BCUT2D eigenvalue weighted by molar-refractivity contribution is 5.93. The van der Waals surface area contributed by atoms with E-state index in [9.17, 15) is 14.4 Å². The first-order chi connectivity index (χ1) is 9.49. The third kappa shape index (κ3) is 2.83. The van der Waals surface area contributed by atoms with E-state index in [4.69, 9.17) is 14.6 Å². The number of hydrogen-bond acceptors (Lipinski definition) is 5. The topological polar surface area (TPSA) is 117 Å². The average molecular weight is 277 g/mol. The Labute approximate surface area is 112 Å². The number of carboxylic acid groups (broad SMARTS) is 1. The van der Waals surface area contributed by atoms with Gasteiger partial charge < -0.3 is 19.9 Å². The van der Waals surface area contributed by atoms with Crippen molar-refractivity contribution in [3.05, 3.63) is 46.3 Å². The summed E-state index contributed by atoms with van der Waals surface area (Å²) in [6.07, 6.45) is -1.72. The molecule has 1 atom stereocenters. The molecule has 2 rings (SSSR count). The number of aliphatic hydroxyl groups is 1. The van der Waals surface area contributed by atoms with E-state index in [1.165, 1.54) is 0 Å². The Morgan fingerprint density at radius 2 is 2.00 bits per heavy atom. The number of nitrogens with one attached hydrogen (secondary N) is 1. The van der Waals surface area contributed by atoms with Crippen LogP contribution >= 0.6 is 0 Å². The van der Waals surface area contributed by atoms with Crippen LogP contribution in [0.3, 0.4) is 0 Å². The zero-order valence-corrected chi connectivity index (χ0v) is 10.2. The van der Waals surface area contributed by atoms with Crippen molar-refractivity contribution in [2.75, 3.05) is 6.54 Å². The molecule has 1 aromatic carbocycles. The van der Waals surface area contributed by atoms with E-state index < -0.39 is 24.5 Å². The minimum Gasteiger partial charge on any atom is -0.479 e. The van der Waals surface area contributed by atoms with Crippen LogP contribution in [0.25, 0.3) is 11.0 Å². The van der Waals surface area contributed by atoms with Crippen LogP contribution in [0.1, 0.15) is 10.6 Å². The molecule has 7 heteroatoms. The normalized spacial score (nSPS) is 12.1. The summed E-state index contributed by atoms with van der Waals surface area (Å²) in [5.41, 5.74) is -0.125. The summed E-state index contributed by atoms with van der Waals surface area (Å²) in [7, 11) is 0. The maximum absolute atomic E-state index is 11.8. The number of para-hydroxylation sites is 1. The first kappa shape index (κ1) is 13.8. The predicted molar refractivity (Wildman–Crippen MR) is 68.5 cm³/mol. The third-order valence-electron chi connectivity index (χ3n) is 2.60. The van der Waals surface area contributed by atoms with E-state index in [1.807, 2.05) is 0 Å². The van der Waals surface area contributed by atoms with E-state index in [0.29, 0.717) is 5.39 Å². The van der Waals surface area contributed by atoms with Gasteiger partial charge in [0.05, 0.1) is 11.9 Å². The van der Waals surface area contributed by atoms with E-state index >= 15 is 0 Å². The second-order valence-corrected chi connectivity index (χ2v) is 4.04. The number of hydrogen-bond donors (Lipinski definition) is 3. The maximum Gasteiger partial charge on any atom is 0.334 e. The molecular formula is C13H11NO6. The maximum atomic E-state index is 11.8.